The summed E-state index contributed by atoms with van der Waals surface area (Å²) >= 11 is 5.88. The van der Waals surface area contributed by atoms with E-state index in [0.717, 1.165) is 24.2 Å². The first kappa shape index (κ1) is 12.2. The SMILES string of the molecule is O=C(NCc1cccc(Cl)c1)c1cc(C2CC2)on1. The van der Waals surface area contributed by atoms with Crippen LogP contribution in [-0.4, -0.2) is 11.1 Å². The van der Waals surface area contributed by atoms with Crippen LogP contribution in [0, 0.1) is 0 Å². The van der Waals surface area contributed by atoms with E-state index < -0.39 is 0 Å². The summed E-state index contributed by atoms with van der Waals surface area (Å²) in [5.41, 5.74) is 1.29. The number of benzene rings is 1. The van der Waals surface area contributed by atoms with Crippen molar-refractivity contribution in [3.8, 4) is 0 Å². The summed E-state index contributed by atoms with van der Waals surface area (Å²) in [6, 6.07) is 9.10. The Labute approximate surface area is 115 Å². The number of hydrogen-bond donors (Lipinski definition) is 1. The van der Waals surface area contributed by atoms with Crippen molar-refractivity contribution in [3.05, 3.63) is 52.4 Å². The van der Waals surface area contributed by atoms with Crippen LogP contribution in [0.5, 0.6) is 0 Å². The lowest BCUT2D eigenvalue weighted by Crippen LogP contribution is -2.23. The molecule has 1 N–H and O–H groups in total. The number of aromatic nitrogens is 1. The molecule has 19 heavy (non-hydrogen) atoms. The molecule has 0 spiro atoms. The largest absolute Gasteiger partial charge is 0.360 e. The van der Waals surface area contributed by atoms with E-state index in [1.807, 2.05) is 18.2 Å². The molecule has 0 atom stereocenters. The van der Waals surface area contributed by atoms with E-state index in [4.69, 9.17) is 16.1 Å². The molecular formula is C14H13ClN2O2. The topological polar surface area (TPSA) is 55.1 Å². The summed E-state index contributed by atoms with van der Waals surface area (Å²) in [7, 11) is 0. The molecule has 1 aromatic carbocycles. The van der Waals surface area contributed by atoms with Gasteiger partial charge in [-0.15, -0.1) is 0 Å². The van der Waals surface area contributed by atoms with Gasteiger partial charge in [0.2, 0.25) is 0 Å². The molecule has 0 bridgehead atoms. The molecule has 1 aromatic heterocycles. The summed E-state index contributed by atoms with van der Waals surface area (Å²) in [4.78, 5) is 11.9. The predicted octanol–water partition coefficient (Wildman–Crippen LogP) is 3.14. The van der Waals surface area contributed by atoms with Crippen LogP contribution in [0.2, 0.25) is 5.02 Å². The lowest BCUT2D eigenvalue weighted by Gasteiger charge is -2.03. The maximum absolute atomic E-state index is 11.9. The first-order valence-corrected chi connectivity index (χ1v) is 6.59. The highest BCUT2D eigenvalue weighted by molar-refractivity contribution is 6.30. The molecule has 0 unspecified atom stereocenters. The number of carbonyl (C=O) groups is 1. The first-order valence-electron chi connectivity index (χ1n) is 6.21. The van der Waals surface area contributed by atoms with Crippen molar-refractivity contribution in [3.63, 3.8) is 0 Å². The highest BCUT2D eigenvalue weighted by atomic mass is 35.5. The predicted molar refractivity (Wildman–Crippen MR) is 71.1 cm³/mol. The van der Waals surface area contributed by atoms with Crippen molar-refractivity contribution in [2.45, 2.75) is 25.3 Å². The second-order valence-electron chi connectivity index (χ2n) is 4.70. The van der Waals surface area contributed by atoms with Gasteiger partial charge in [-0.05, 0) is 30.5 Å². The minimum atomic E-state index is -0.226. The standard InChI is InChI=1S/C14H13ClN2O2/c15-11-3-1-2-9(6-11)8-16-14(18)12-7-13(19-17-12)10-4-5-10/h1-3,6-7,10H,4-5,8H2,(H,16,18). The Bertz CT molecular complexity index is 605. The first-order chi connectivity index (χ1) is 9.22. The van der Waals surface area contributed by atoms with Gasteiger partial charge in [-0.3, -0.25) is 4.79 Å². The molecule has 5 heteroatoms. The number of halogens is 1. The van der Waals surface area contributed by atoms with Crippen LogP contribution in [-0.2, 0) is 6.54 Å². The second-order valence-corrected chi connectivity index (χ2v) is 5.14. The third-order valence-corrected chi connectivity index (χ3v) is 3.32. The molecule has 4 nitrogen and oxygen atoms in total. The van der Waals surface area contributed by atoms with E-state index in [-0.39, 0.29) is 5.91 Å². The number of rotatable bonds is 4. The number of hydrogen-bond acceptors (Lipinski definition) is 3. The molecule has 0 saturated heterocycles. The van der Waals surface area contributed by atoms with Crippen molar-refractivity contribution < 1.29 is 9.32 Å². The van der Waals surface area contributed by atoms with E-state index in [1.54, 1.807) is 12.1 Å². The van der Waals surface area contributed by atoms with E-state index in [1.165, 1.54) is 0 Å². The fourth-order valence-corrected chi connectivity index (χ4v) is 2.09. The molecule has 1 aliphatic carbocycles. The van der Waals surface area contributed by atoms with Crippen LogP contribution in [0.3, 0.4) is 0 Å². The van der Waals surface area contributed by atoms with E-state index in [0.29, 0.717) is 23.2 Å². The van der Waals surface area contributed by atoms with Crippen LogP contribution in [0.1, 0.15) is 40.6 Å². The van der Waals surface area contributed by atoms with Crippen LogP contribution in [0.4, 0.5) is 0 Å². The molecule has 1 fully saturated rings. The van der Waals surface area contributed by atoms with Gasteiger partial charge in [0, 0.05) is 23.6 Å². The third-order valence-electron chi connectivity index (χ3n) is 3.08. The summed E-state index contributed by atoms with van der Waals surface area (Å²) in [6.45, 7) is 0.422. The highest BCUT2D eigenvalue weighted by Crippen LogP contribution is 2.40. The quantitative estimate of drug-likeness (QED) is 0.933. The zero-order chi connectivity index (χ0) is 13.2. The smallest absolute Gasteiger partial charge is 0.273 e. The van der Waals surface area contributed by atoms with Gasteiger partial charge in [-0.1, -0.05) is 28.9 Å². The van der Waals surface area contributed by atoms with Crippen LogP contribution in [0.25, 0.3) is 0 Å². The fraction of sp³-hybridized carbons (Fsp3) is 0.286. The van der Waals surface area contributed by atoms with Gasteiger partial charge in [0.05, 0.1) is 0 Å². The summed E-state index contributed by atoms with van der Waals surface area (Å²) < 4.78 is 5.15. The van der Waals surface area contributed by atoms with Crippen LogP contribution < -0.4 is 5.32 Å². The lowest BCUT2D eigenvalue weighted by atomic mass is 10.2. The molecule has 0 aliphatic heterocycles. The lowest BCUT2D eigenvalue weighted by molar-refractivity contribution is 0.0941. The maximum Gasteiger partial charge on any atom is 0.273 e. The molecule has 1 amide bonds. The Balaban J connectivity index is 1.61. The summed E-state index contributed by atoms with van der Waals surface area (Å²) in [5.74, 6) is 1.05. The van der Waals surface area contributed by atoms with E-state index in [2.05, 4.69) is 10.5 Å². The molecular weight excluding hydrogens is 264 g/mol. The molecule has 1 aliphatic rings. The fourth-order valence-electron chi connectivity index (χ4n) is 1.88. The maximum atomic E-state index is 11.9. The molecule has 1 heterocycles. The summed E-state index contributed by atoms with van der Waals surface area (Å²) in [6.07, 6.45) is 2.25. The molecule has 2 aromatic rings. The Morgan fingerprint density at radius 1 is 1.42 bits per heavy atom. The monoisotopic (exact) mass is 276 g/mol. The minimum absolute atomic E-state index is 0.226. The van der Waals surface area contributed by atoms with Gasteiger partial charge in [-0.2, -0.15) is 0 Å². The van der Waals surface area contributed by atoms with E-state index in [9.17, 15) is 4.79 Å². The third kappa shape index (κ3) is 2.96. The van der Waals surface area contributed by atoms with Crippen molar-refractivity contribution >= 4 is 17.5 Å². The highest BCUT2D eigenvalue weighted by Gasteiger charge is 2.28. The Hall–Kier alpha value is -1.81. The summed E-state index contributed by atoms with van der Waals surface area (Å²) in [5, 5.41) is 7.25. The van der Waals surface area contributed by atoms with Gasteiger partial charge in [0.25, 0.3) is 5.91 Å². The van der Waals surface area contributed by atoms with Crippen LogP contribution in [0.15, 0.2) is 34.9 Å². The van der Waals surface area contributed by atoms with E-state index >= 15 is 0 Å². The van der Waals surface area contributed by atoms with Gasteiger partial charge in [0.15, 0.2) is 5.69 Å². The average molecular weight is 277 g/mol. The average Bonchev–Trinajstić information content (AvgIpc) is 3.14. The molecule has 3 rings (SSSR count). The Morgan fingerprint density at radius 2 is 2.26 bits per heavy atom. The zero-order valence-electron chi connectivity index (χ0n) is 10.2. The minimum Gasteiger partial charge on any atom is -0.360 e. The Morgan fingerprint density at radius 3 is 3.00 bits per heavy atom. The molecule has 1 saturated carbocycles. The van der Waals surface area contributed by atoms with Crippen molar-refractivity contribution in [2.75, 3.05) is 0 Å². The number of nitrogens with one attached hydrogen (secondary N) is 1. The molecule has 0 radical (unpaired) electrons. The van der Waals surface area contributed by atoms with Crippen molar-refractivity contribution in [1.29, 1.82) is 0 Å². The van der Waals surface area contributed by atoms with Gasteiger partial charge < -0.3 is 9.84 Å². The van der Waals surface area contributed by atoms with Gasteiger partial charge >= 0.3 is 0 Å². The normalized spacial score (nSPS) is 14.4. The molecule has 98 valence electrons. The number of amides is 1. The van der Waals surface area contributed by atoms with Crippen molar-refractivity contribution in [1.82, 2.24) is 10.5 Å². The second kappa shape index (κ2) is 5.05. The zero-order valence-corrected chi connectivity index (χ0v) is 11.0. The van der Waals surface area contributed by atoms with Crippen molar-refractivity contribution in [2.24, 2.45) is 0 Å². The van der Waals surface area contributed by atoms with Crippen LogP contribution >= 0.6 is 11.6 Å². The number of nitrogens with zero attached hydrogens (tertiary/aromatic N) is 1. The van der Waals surface area contributed by atoms with Gasteiger partial charge in [-0.25, -0.2) is 0 Å². The number of carbonyl (C=O) groups excluding carboxylic acids is 1. The van der Waals surface area contributed by atoms with Gasteiger partial charge in [0.1, 0.15) is 5.76 Å². The Kier molecular flexibility index (Phi) is 3.25.